The summed E-state index contributed by atoms with van der Waals surface area (Å²) < 4.78 is 7.05. The van der Waals surface area contributed by atoms with Crippen molar-refractivity contribution in [2.75, 3.05) is 20.3 Å². The molecule has 21 heavy (non-hydrogen) atoms. The number of hydrogen-bond donors (Lipinski definition) is 1. The highest BCUT2D eigenvalue weighted by molar-refractivity contribution is 5.81. The molecule has 3 rings (SSSR count). The van der Waals surface area contributed by atoms with E-state index in [1.165, 1.54) is 12.8 Å². The molecule has 5 heteroatoms. The highest BCUT2D eigenvalue weighted by Gasteiger charge is 2.29. The fourth-order valence-electron chi connectivity index (χ4n) is 2.56. The molecule has 0 unspecified atom stereocenters. The molecule has 0 saturated heterocycles. The lowest BCUT2D eigenvalue weighted by Gasteiger charge is -2.09. The predicted octanol–water partition coefficient (Wildman–Crippen LogP) is 2.07. The molecule has 1 fully saturated rings. The highest BCUT2D eigenvalue weighted by Crippen LogP contribution is 2.40. The van der Waals surface area contributed by atoms with Gasteiger partial charge >= 0.3 is 0 Å². The molecule has 1 amide bonds. The Hall–Kier alpha value is -1.88. The zero-order valence-corrected chi connectivity index (χ0v) is 12.3. The number of para-hydroxylation sites is 2. The maximum absolute atomic E-state index is 12.1. The molecule has 0 spiro atoms. The van der Waals surface area contributed by atoms with Crippen molar-refractivity contribution in [3.8, 4) is 0 Å². The molecular weight excluding hydrogens is 266 g/mol. The van der Waals surface area contributed by atoms with Crippen molar-refractivity contribution in [3.05, 3.63) is 30.1 Å². The lowest BCUT2D eigenvalue weighted by atomic mass is 10.3. The molecule has 0 bridgehead atoms. The lowest BCUT2D eigenvalue weighted by Crippen LogP contribution is -2.29. The largest absolute Gasteiger partial charge is 0.385 e. The Morgan fingerprint density at radius 2 is 2.24 bits per heavy atom. The fourth-order valence-corrected chi connectivity index (χ4v) is 2.56. The van der Waals surface area contributed by atoms with Gasteiger partial charge in [0.05, 0.1) is 11.0 Å². The zero-order valence-electron chi connectivity index (χ0n) is 12.3. The Bertz CT molecular complexity index is 631. The van der Waals surface area contributed by atoms with Crippen molar-refractivity contribution in [2.24, 2.45) is 0 Å². The fraction of sp³-hybridized carbons (Fsp3) is 0.500. The number of carbonyl (C=O) groups is 1. The number of nitrogens with one attached hydrogen (secondary N) is 1. The third-order valence-corrected chi connectivity index (χ3v) is 3.78. The average Bonchev–Trinajstić information content (AvgIpc) is 3.28. The van der Waals surface area contributed by atoms with Gasteiger partial charge in [-0.3, -0.25) is 4.79 Å². The Kier molecular flexibility index (Phi) is 4.20. The Labute approximate surface area is 124 Å². The first kappa shape index (κ1) is 14.1. The van der Waals surface area contributed by atoms with Crippen molar-refractivity contribution >= 4 is 16.9 Å². The molecule has 1 aromatic heterocycles. The van der Waals surface area contributed by atoms with Gasteiger partial charge in [-0.1, -0.05) is 12.1 Å². The van der Waals surface area contributed by atoms with E-state index in [0.717, 1.165) is 23.3 Å². The first-order valence-corrected chi connectivity index (χ1v) is 7.50. The van der Waals surface area contributed by atoms with Crippen LogP contribution < -0.4 is 5.32 Å². The number of aromatic nitrogens is 2. The van der Waals surface area contributed by atoms with E-state index < -0.39 is 0 Å². The van der Waals surface area contributed by atoms with Gasteiger partial charge in [-0.2, -0.15) is 0 Å². The second-order valence-corrected chi connectivity index (χ2v) is 5.52. The van der Waals surface area contributed by atoms with Crippen LogP contribution in [-0.2, 0) is 16.1 Å². The predicted molar refractivity (Wildman–Crippen MR) is 81.2 cm³/mol. The number of carbonyl (C=O) groups excluding carboxylic acids is 1. The first-order chi connectivity index (χ1) is 10.3. The number of fused-ring (bicyclic) bond motifs is 1. The van der Waals surface area contributed by atoms with Crippen LogP contribution in [0.5, 0.6) is 0 Å². The number of ether oxygens (including phenoxy) is 1. The molecule has 5 nitrogen and oxygen atoms in total. The summed E-state index contributed by atoms with van der Waals surface area (Å²) in [4.78, 5) is 16.8. The van der Waals surface area contributed by atoms with Gasteiger partial charge in [-0.15, -0.1) is 0 Å². The van der Waals surface area contributed by atoms with E-state index in [1.807, 2.05) is 24.3 Å². The smallest absolute Gasteiger partial charge is 0.240 e. The lowest BCUT2D eigenvalue weighted by molar-refractivity contribution is -0.121. The molecular formula is C16H21N3O2. The monoisotopic (exact) mass is 287 g/mol. The van der Waals surface area contributed by atoms with Crippen LogP contribution in [0, 0.1) is 0 Å². The summed E-state index contributed by atoms with van der Waals surface area (Å²) >= 11 is 0. The summed E-state index contributed by atoms with van der Waals surface area (Å²) in [7, 11) is 1.67. The molecule has 0 aliphatic heterocycles. The molecule has 1 aromatic carbocycles. The normalized spacial score (nSPS) is 14.5. The van der Waals surface area contributed by atoms with E-state index in [0.29, 0.717) is 25.6 Å². The van der Waals surface area contributed by atoms with E-state index in [2.05, 4.69) is 9.88 Å². The van der Waals surface area contributed by atoms with Crippen molar-refractivity contribution < 1.29 is 9.53 Å². The maximum atomic E-state index is 12.1. The molecule has 112 valence electrons. The second-order valence-electron chi connectivity index (χ2n) is 5.52. The third kappa shape index (κ3) is 3.24. The minimum atomic E-state index is 0.0381. The SMILES string of the molecule is COCCCNC(=O)Cn1c(C2CC2)nc2ccccc21. The number of benzene rings is 1. The molecule has 1 aliphatic carbocycles. The van der Waals surface area contributed by atoms with Crippen LogP contribution in [-0.4, -0.2) is 35.7 Å². The van der Waals surface area contributed by atoms with Crippen LogP contribution in [0.1, 0.15) is 31.0 Å². The number of imidazole rings is 1. The minimum Gasteiger partial charge on any atom is -0.385 e. The van der Waals surface area contributed by atoms with Crippen molar-refractivity contribution in [1.82, 2.24) is 14.9 Å². The van der Waals surface area contributed by atoms with E-state index >= 15 is 0 Å². The van der Waals surface area contributed by atoms with Crippen LogP contribution in [0.15, 0.2) is 24.3 Å². The van der Waals surface area contributed by atoms with Crippen molar-refractivity contribution in [3.63, 3.8) is 0 Å². The topological polar surface area (TPSA) is 56.1 Å². The third-order valence-electron chi connectivity index (χ3n) is 3.78. The summed E-state index contributed by atoms with van der Waals surface area (Å²) in [6, 6.07) is 8.02. The first-order valence-electron chi connectivity index (χ1n) is 7.50. The molecule has 1 saturated carbocycles. The summed E-state index contributed by atoms with van der Waals surface area (Å²) in [5.74, 6) is 1.62. The molecule has 0 radical (unpaired) electrons. The van der Waals surface area contributed by atoms with Crippen LogP contribution in [0.4, 0.5) is 0 Å². The van der Waals surface area contributed by atoms with Gasteiger partial charge in [0.15, 0.2) is 0 Å². The number of methoxy groups -OCH3 is 1. The average molecular weight is 287 g/mol. The van der Waals surface area contributed by atoms with Gasteiger partial charge in [0.2, 0.25) is 5.91 Å². The molecule has 2 aromatic rings. The van der Waals surface area contributed by atoms with E-state index in [9.17, 15) is 4.79 Å². The highest BCUT2D eigenvalue weighted by atomic mass is 16.5. The summed E-state index contributed by atoms with van der Waals surface area (Å²) in [6.45, 7) is 1.67. The van der Waals surface area contributed by atoms with Crippen molar-refractivity contribution in [2.45, 2.75) is 31.7 Å². The number of nitrogens with zero attached hydrogens (tertiary/aromatic N) is 2. The number of rotatable bonds is 7. The Morgan fingerprint density at radius 1 is 1.43 bits per heavy atom. The van der Waals surface area contributed by atoms with E-state index in [-0.39, 0.29) is 5.91 Å². The minimum absolute atomic E-state index is 0.0381. The van der Waals surface area contributed by atoms with Crippen LogP contribution >= 0.6 is 0 Å². The molecule has 1 heterocycles. The standard InChI is InChI=1S/C16H21N3O2/c1-21-10-4-9-17-15(20)11-19-14-6-3-2-5-13(14)18-16(19)12-7-8-12/h2-3,5-6,12H,4,7-11H2,1H3,(H,17,20). The van der Waals surface area contributed by atoms with Gasteiger partial charge in [0.1, 0.15) is 12.4 Å². The van der Waals surface area contributed by atoms with Crippen LogP contribution in [0.3, 0.4) is 0 Å². The van der Waals surface area contributed by atoms with Gasteiger partial charge in [-0.25, -0.2) is 4.98 Å². The van der Waals surface area contributed by atoms with E-state index in [1.54, 1.807) is 7.11 Å². The summed E-state index contributed by atoms with van der Waals surface area (Å²) in [5, 5.41) is 2.94. The number of hydrogen-bond acceptors (Lipinski definition) is 3. The molecule has 1 aliphatic rings. The summed E-state index contributed by atoms with van der Waals surface area (Å²) in [5.41, 5.74) is 2.03. The summed E-state index contributed by atoms with van der Waals surface area (Å²) in [6.07, 6.45) is 3.19. The molecule has 1 N–H and O–H groups in total. The zero-order chi connectivity index (χ0) is 14.7. The quantitative estimate of drug-likeness (QED) is 0.793. The van der Waals surface area contributed by atoms with Crippen LogP contribution in [0.25, 0.3) is 11.0 Å². The molecule has 0 atom stereocenters. The maximum Gasteiger partial charge on any atom is 0.240 e. The van der Waals surface area contributed by atoms with Gasteiger partial charge in [0, 0.05) is 26.2 Å². The van der Waals surface area contributed by atoms with Crippen molar-refractivity contribution in [1.29, 1.82) is 0 Å². The Balaban J connectivity index is 1.73. The van der Waals surface area contributed by atoms with Gasteiger partial charge < -0.3 is 14.6 Å². The van der Waals surface area contributed by atoms with E-state index in [4.69, 9.17) is 9.72 Å². The van der Waals surface area contributed by atoms with Gasteiger partial charge in [0.25, 0.3) is 0 Å². The Morgan fingerprint density at radius 3 is 3.00 bits per heavy atom. The van der Waals surface area contributed by atoms with Crippen LogP contribution in [0.2, 0.25) is 0 Å². The second kappa shape index (κ2) is 6.26. The van der Waals surface area contributed by atoms with Gasteiger partial charge in [-0.05, 0) is 31.4 Å². The number of amides is 1.